The number of hydrogen-bond donors (Lipinski definition) is 2. The molecular weight excluding hydrogens is 359 g/mol. The maximum atomic E-state index is 12.1. The Kier molecular flexibility index (Phi) is 5.48. The van der Waals surface area contributed by atoms with Gasteiger partial charge in [0.15, 0.2) is 0 Å². The number of nitrogens with zero attached hydrogens (tertiary/aromatic N) is 2. The highest BCUT2D eigenvalue weighted by atomic mass is 35.5. The molecule has 0 aliphatic rings. The fourth-order valence-corrected chi connectivity index (χ4v) is 2.46. The molecule has 0 bridgehead atoms. The predicted molar refractivity (Wildman–Crippen MR) is 99.4 cm³/mol. The van der Waals surface area contributed by atoms with Gasteiger partial charge in [-0.25, -0.2) is 9.97 Å². The Morgan fingerprint density at radius 2 is 1.76 bits per heavy atom. The molecule has 1 amide bonds. The van der Waals surface area contributed by atoms with Crippen molar-refractivity contribution in [2.24, 2.45) is 0 Å². The number of hydrogen-bond acceptors (Lipinski definition) is 4. The SMILES string of the molecule is O=C(NCc1ccccc1)c1cnc(Nc2cccc(Cl)c2Cl)cn1. The first-order valence-electron chi connectivity index (χ1n) is 7.48. The first kappa shape index (κ1) is 17.2. The Hall–Kier alpha value is -2.63. The third-order valence-corrected chi connectivity index (χ3v) is 4.21. The summed E-state index contributed by atoms with van der Waals surface area (Å²) in [4.78, 5) is 20.4. The van der Waals surface area contributed by atoms with Gasteiger partial charge >= 0.3 is 0 Å². The molecule has 126 valence electrons. The zero-order chi connectivity index (χ0) is 17.6. The summed E-state index contributed by atoms with van der Waals surface area (Å²) in [6.07, 6.45) is 2.87. The molecule has 3 aromatic rings. The van der Waals surface area contributed by atoms with Gasteiger partial charge in [-0.15, -0.1) is 0 Å². The molecule has 2 aromatic carbocycles. The second-order valence-corrected chi connectivity index (χ2v) is 5.97. The van der Waals surface area contributed by atoms with Crippen LogP contribution in [-0.4, -0.2) is 15.9 Å². The number of aromatic nitrogens is 2. The summed E-state index contributed by atoms with van der Waals surface area (Å²) in [7, 11) is 0. The van der Waals surface area contributed by atoms with Gasteiger partial charge in [-0.1, -0.05) is 59.6 Å². The molecule has 0 aliphatic heterocycles. The van der Waals surface area contributed by atoms with Crippen LogP contribution in [0.3, 0.4) is 0 Å². The Bertz CT molecular complexity index is 870. The highest BCUT2D eigenvalue weighted by Crippen LogP contribution is 2.31. The summed E-state index contributed by atoms with van der Waals surface area (Å²) in [6, 6.07) is 14.9. The topological polar surface area (TPSA) is 66.9 Å². The maximum Gasteiger partial charge on any atom is 0.271 e. The van der Waals surface area contributed by atoms with E-state index in [1.807, 2.05) is 30.3 Å². The van der Waals surface area contributed by atoms with Gasteiger partial charge in [0.05, 0.1) is 28.1 Å². The number of rotatable bonds is 5. The second-order valence-electron chi connectivity index (χ2n) is 5.18. The van der Waals surface area contributed by atoms with E-state index in [0.29, 0.717) is 28.1 Å². The lowest BCUT2D eigenvalue weighted by atomic mass is 10.2. The summed E-state index contributed by atoms with van der Waals surface area (Å²) >= 11 is 12.1. The quantitative estimate of drug-likeness (QED) is 0.693. The van der Waals surface area contributed by atoms with Crippen LogP contribution in [0.25, 0.3) is 0 Å². The van der Waals surface area contributed by atoms with E-state index in [2.05, 4.69) is 20.6 Å². The third kappa shape index (κ3) is 4.47. The van der Waals surface area contributed by atoms with E-state index < -0.39 is 0 Å². The zero-order valence-corrected chi connectivity index (χ0v) is 14.6. The van der Waals surface area contributed by atoms with E-state index in [1.165, 1.54) is 12.4 Å². The van der Waals surface area contributed by atoms with E-state index >= 15 is 0 Å². The van der Waals surface area contributed by atoms with E-state index in [9.17, 15) is 4.79 Å². The van der Waals surface area contributed by atoms with Crippen molar-refractivity contribution >= 4 is 40.6 Å². The summed E-state index contributed by atoms with van der Waals surface area (Å²) in [5, 5.41) is 6.66. The molecule has 0 spiro atoms. The van der Waals surface area contributed by atoms with Gasteiger partial charge in [-0.05, 0) is 17.7 Å². The zero-order valence-electron chi connectivity index (χ0n) is 13.0. The van der Waals surface area contributed by atoms with Gasteiger partial charge in [0.2, 0.25) is 0 Å². The molecular formula is C18H14Cl2N4O. The first-order chi connectivity index (χ1) is 12.1. The van der Waals surface area contributed by atoms with Gasteiger partial charge in [-0.2, -0.15) is 0 Å². The molecule has 0 fully saturated rings. The minimum atomic E-state index is -0.288. The number of carbonyl (C=O) groups is 1. The largest absolute Gasteiger partial charge is 0.347 e. The highest BCUT2D eigenvalue weighted by molar-refractivity contribution is 6.43. The van der Waals surface area contributed by atoms with Crippen molar-refractivity contribution in [3.63, 3.8) is 0 Å². The fourth-order valence-electron chi connectivity index (χ4n) is 2.12. The summed E-state index contributed by atoms with van der Waals surface area (Å²) < 4.78 is 0. The monoisotopic (exact) mass is 372 g/mol. The van der Waals surface area contributed by atoms with Crippen molar-refractivity contribution in [1.82, 2.24) is 15.3 Å². The average Bonchev–Trinajstić information content (AvgIpc) is 2.65. The number of halogens is 2. The smallest absolute Gasteiger partial charge is 0.271 e. The van der Waals surface area contributed by atoms with Crippen LogP contribution in [0.1, 0.15) is 16.1 Å². The normalized spacial score (nSPS) is 10.3. The van der Waals surface area contributed by atoms with Crippen molar-refractivity contribution in [2.75, 3.05) is 5.32 Å². The molecule has 7 heteroatoms. The minimum absolute atomic E-state index is 0.235. The molecule has 0 radical (unpaired) electrons. The molecule has 0 saturated heterocycles. The number of carbonyl (C=O) groups excluding carboxylic acids is 1. The van der Waals surface area contributed by atoms with Crippen LogP contribution < -0.4 is 10.6 Å². The van der Waals surface area contributed by atoms with Crippen LogP contribution in [0.4, 0.5) is 11.5 Å². The van der Waals surface area contributed by atoms with E-state index in [1.54, 1.807) is 18.2 Å². The van der Waals surface area contributed by atoms with Crippen molar-refractivity contribution in [2.45, 2.75) is 6.54 Å². The van der Waals surface area contributed by atoms with Crippen molar-refractivity contribution < 1.29 is 4.79 Å². The highest BCUT2D eigenvalue weighted by Gasteiger charge is 2.09. The molecule has 25 heavy (non-hydrogen) atoms. The number of amides is 1. The molecule has 2 N–H and O–H groups in total. The summed E-state index contributed by atoms with van der Waals surface area (Å²) in [5.41, 5.74) is 1.86. The minimum Gasteiger partial charge on any atom is -0.347 e. The van der Waals surface area contributed by atoms with Gasteiger partial charge < -0.3 is 10.6 Å². The number of benzene rings is 2. The standard InChI is InChI=1S/C18H14Cl2N4O/c19-13-7-4-8-14(17(13)20)24-16-11-21-15(10-22-16)18(25)23-9-12-5-2-1-3-6-12/h1-8,10-11H,9H2,(H,22,24)(H,23,25). The molecule has 0 aliphatic carbocycles. The Morgan fingerprint density at radius 1 is 0.960 bits per heavy atom. The van der Waals surface area contributed by atoms with Crippen LogP contribution >= 0.6 is 23.2 Å². The maximum absolute atomic E-state index is 12.1. The molecule has 1 aromatic heterocycles. The van der Waals surface area contributed by atoms with Crippen molar-refractivity contribution in [3.05, 3.63) is 82.2 Å². The van der Waals surface area contributed by atoms with Crippen LogP contribution in [0.15, 0.2) is 60.9 Å². The van der Waals surface area contributed by atoms with E-state index in [-0.39, 0.29) is 11.6 Å². The van der Waals surface area contributed by atoms with Crippen molar-refractivity contribution in [1.29, 1.82) is 0 Å². The molecule has 0 atom stereocenters. The van der Waals surface area contributed by atoms with E-state index in [4.69, 9.17) is 23.2 Å². The summed E-state index contributed by atoms with van der Waals surface area (Å²) in [5.74, 6) is 0.174. The average molecular weight is 373 g/mol. The van der Waals surface area contributed by atoms with E-state index in [0.717, 1.165) is 5.56 Å². The Labute approximate surface area is 155 Å². The predicted octanol–water partition coefficient (Wildman–Crippen LogP) is 4.46. The first-order valence-corrected chi connectivity index (χ1v) is 8.24. The fraction of sp³-hybridized carbons (Fsp3) is 0.0556. The Morgan fingerprint density at radius 3 is 2.48 bits per heavy atom. The van der Waals surface area contributed by atoms with Crippen LogP contribution in [0.5, 0.6) is 0 Å². The van der Waals surface area contributed by atoms with Gasteiger partial charge in [0, 0.05) is 6.54 Å². The van der Waals surface area contributed by atoms with Gasteiger partial charge in [0.25, 0.3) is 5.91 Å². The number of anilines is 2. The molecule has 0 saturated carbocycles. The molecule has 3 rings (SSSR count). The molecule has 1 heterocycles. The summed E-state index contributed by atoms with van der Waals surface area (Å²) in [6.45, 7) is 0.430. The molecule has 5 nitrogen and oxygen atoms in total. The second kappa shape index (κ2) is 7.96. The third-order valence-electron chi connectivity index (χ3n) is 3.39. The lowest BCUT2D eigenvalue weighted by Gasteiger charge is -2.09. The van der Waals surface area contributed by atoms with Crippen molar-refractivity contribution in [3.8, 4) is 0 Å². The lowest BCUT2D eigenvalue weighted by molar-refractivity contribution is 0.0945. The lowest BCUT2D eigenvalue weighted by Crippen LogP contribution is -2.24. The van der Waals surface area contributed by atoms with Crippen LogP contribution in [-0.2, 0) is 6.54 Å². The number of nitrogens with one attached hydrogen (secondary N) is 2. The van der Waals surface area contributed by atoms with Crippen LogP contribution in [0, 0.1) is 0 Å². The molecule has 0 unspecified atom stereocenters. The Balaban J connectivity index is 1.63. The van der Waals surface area contributed by atoms with Gasteiger partial charge in [-0.3, -0.25) is 4.79 Å². The van der Waals surface area contributed by atoms with Crippen LogP contribution in [0.2, 0.25) is 10.0 Å². The van der Waals surface area contributed by atoms with Gasteiger partial charge in [0.1, 0.15) is 11.5 Å².